The summed E-state index contributed by atoms with van der Waals surface area (Å²) < 4.78 is 11.1. The first-order chi connectivity index (χ1) is 32.5. The fourth-order valence-corrected chi connectivity index (χ4v) is 11.1. The minimum absolute atomic E-state index is 0.0138. The van der Waals surface area contributed by atoms with Crippen LogP contribution in [-0.4, -0.2) is 78.0 Å². The Morgan fingerprint density at radius 1 is 0.603 bits per heavy atom. The second kappa shape index (κ2) is 18.6. The first-order valence-corrected chi connectivity index (χ1v) is 24.4. The molecule has 0 radical (unpaired) electrons. The van der Waals surface area contributed by atoms with Crippen LogP contribution in [0.25, 0.3) is 11.3 Å². The highest BCUT2D eigenvalue weighted by Crippen LogP contribution is 2.58. The Morgan fingerprint density at radius 2 is 1.04 bits per heavy atom. The zero-order chi connectivity index (χ0) is 47.8. The van der Waals surface area contributed by atoms with E-state index in [4.69, 9.17) is 19.4 Å². The summed E-state index contributed by atoms with van der Waals surface area (Å²) in [4.78, 5) is 75.2. The van der Waals surface area contributed by atoms with E-state index in [2.05, 4.69) is 44.9 Å². The third-order valence-electron chi connectivity index (χ3n) is 14.6. The number of fused-ring (bicyclic) bond motifs is 3. The average Bonchev–Trinajstić information content (AvgIpc) is 4.17. The molecule has 3 aliphatic carbocycles. The number of aromatic amines is 2. The van der Waals surface area contributed by atoms with Crippen molar-refractivity contribution in [3.63, 3.8) is 0 Å². The predicted octanol–water partition coefficient (Wildman–Crippen LogP) is 10.2. The molecular formula is C54H66N8O6. The van der Waals surface area contributed by atoms with Gasteiger partial charge in [-0.1, -0.05) is 84.9 Å². The van der Waals surface area contributed by atoms with E-state index < -0.39 is 35.5 Å². The summed E-state index contributed by atoms with van der Waals surface area (Å²) in [5.74, 6) is 1.17. The lowest BCUT2D eigenvalue weighted by atomic mass is 9.51. The van der Waals surface area contributed by atoms with Crippen molar-refractivity contribution in [2.24, 2.45) is 0 Å². The van der Waals surface area contributed by atoms with Gasteiger partial charge in [-0.25, -0.2) is 19.6 Å². The lowest BCUT2D eigenvalue weighted by Crippen LogP contribution is -2.46. The minimum Gasteiger partial charge on any atom is -0.444 e. The van der Waals surface area contributed by atoms with Gasteiger partial charge in [0, 0.05) is 30.4 Å². The number of benzene rings is 3. The average molecular weight is 923 g/mol. The summed E-state index contributed by atoms with van der Waals surface area (Å²) >= 11 is 0. The maximum absolute atomic E-state index is 14.3. The standard InChI is InChI=1S/C54H66N8O6/c1-51(2,3)67-49(65)59-43(36-15-9-7-10-16-36)47(63)61-31-13-19-40(61)45-55-33-39(57-45)35-21-23-38(24-22-35)53-25-28-54(29-26-53,30-27-53)42-34-56-46(58-42)41-20-14-32-62(41)48(64)44(37-17-11-8-12-18-37)60-50(66)68-52(4,5)6/h7-12,15-18,21-24,33-34,40-41,43-44H,13-14,19-20,25-32H2,1-6H3,(H,55,57)(H,56,58)(H,59,65)(H,60,66)/t40-,41-,43+,44+,53?,54?/m0/s1. The Morgan fingerprint density at radius 3 is 1.51 bits per heavy atom. The lowest BCUT2D eigenvalue weighted by Gasteiger charge is -2.53. The molecule has 4 atom stereocenters. The number of hydrogen-bond acceptors (Lipinski definition) is 8. The van der Waals surface area contributed by atoms with Crippen molar-refractivity contribution in [2.75, 3.05) is 13.1 Å². The molecule has 5 fully saturated rings. The number of alkyl carbamates (subject to hydrolysis) is 2. The molecule has 4 N–H and O–H groups in total. The molecular weight excluding hydrogens is 857 g/mol. The fourth-order valence-electron chi connectivity index (χ4n) is 11.1. The molecule has 5 aromatic rings. The molecule has 2 aliphatic heterocycles. The van der Waals surface area contributed by atoms with Crippen LogP contribution in [-0.2, 0) is 29.9 Å². The molecule has 4 heterocycles. The molecule has 3 saturated carbocycles. The first kappa shape index (κ1) is 46.7. The molecule has 2 saturated heterocycles. The Balaban J connectivity index is 0.846. The number of imidazole rings is 2. The molecule has 3 aromatic carbocycles. The van der Waals surface area contributed by atoms with Gasteiger partial charge in [-0.15, -0.1) is 0 Å². The van der Waals surface area contributed by atoms with Crippen LogP contribution >= 0.6 is 0 Å². The van der Waals surface area contributed by atoms with E-state index in [-0.39, 0.29) is 34.7 Å². The van der Waals surface area contributed by atoms with E-state index in [9.17, 15) is 19.2 Å². The highest BCUT2D eigenvalue weighted by molar-refractivity contribution is 5.88. The third-order valence-corrected chi connectivity index (χ3v) is 14.6. The van der Waals surface area contributed by atoms with Gasteiger partial charge >= 0.3 is 12.2 Å². The minimum atomic E-state index is -0.897. The molecule has 5 aliphatic rings. The second-order valence-electron chi connectivity index (χ2n) is 21.4. The summed E-state index contributed by atoms with van der Waals surface area (Å²) in [7, 11) is 0. The van der Waals surface area contributed by atoms with Crippen LogP contribution in [0.3, 0.4) is 0 Å². The number of carbonyl (C=O) groups is 4. The van der Waals surface area contributed by atoms with Gasteiger partial charge in [0.15, 0.2) is 0 Å². The van der Waals surface area contributed by atoms with Crippen LogP contribution < -0.4 is 10.6 Å². The van der Waals surface area contributed by atoms with E-state index in [0.717, 1.165) is 92.8 Å². The van der Waals surface area contributed by atoms with Crippen molar-refractivity contribution in [1.82, 2.24) is 40.4 Å². The van der Waals surface area contributed by atoms with E-state index in [0.29, 0.717) is 24.2 Å². The topological polar surface area (TPSA) is 175 Å². The Kier molecular flexibility index (Phi) is 12.7. The Hall–Kier alpha value is -6.44. The number of rotatable bonds is 11. The van der Waals surface area contributed by atoms with Crippen LogP contribution in [0.5, 0.6) is 0 Å². The summed E-state index contributed by atoms with van der Waals surface area (Å²) in [5, 5.41) is 5.71. The quantitative estimate of drug-likeness (QED) is 0.101. The molecule has 2 bridgehead atoms. The van der Waals surface area contributed by atoms with Crippen molar-refractivity contribution in [3.8, 4) is 11.3 Å². The zero-order valence-corrected chi connectivity index (χ0v) is 40.3. The summed E-state index contributed by atoms with van der Waals surface area (Å²) in [6.07, 6.45) is 12.2. The second-order valence-corrected chi connectivity index (χ2v) is 21.4. The van der Waals surface area contributed by atoms with Gasteiger partial charge in [0.2, 0.25) is 0 Å². The summed E-state index contributed by atoms with van der Waals surface area (Å²) in [6.45, 7) is 12.0. The summed E-state index contributed by atoms with van der Waals surface area (Å²) in [6, 6.07) is 25.4. The number of carbonyl (C=O) groups excluding carboxylic acids is 4. The number of likely N-dealkylation sites (tertiary alicyclic amines) is 2. The smallest absolute Gasteiger partial charge is 0.408 e. The maximum atomic E-state index is 14.3. The number of nitrogens with zero attached hydrogens (tertiary/aromatic N) is 4. The van der Waals surface area contributed by atoms with Crippen molar-refractivity contribution in [1.29, 1.82) is 0 Å². The zero-order valence-electron chi connectivity index (χ0n) is 40.3. The number of amides is 4. The van der Waals surface area contributed by atoms with E-state index in [1.165, 1.54) is 5.56 Å². The predicted molar refractivity (Wildman–Crippen MR) is 258 cm³/mol. The van der Waals surface area contributed by atoms with E-state index in [1.54, 1.807) is 20.8 Å². The number of ether oxygens (including phenoxy) is 2. The molecule has 358 valence electrons. The third kappa shape index (κ3) is 9.77. The summed E-state index contributed by atoms with van der Waals surface area (Å²) in [5.41, 5.74) is 4.58. The van der Waals surface area contributed by atoms with Gasteiger partial charge in [0.05, 0.1) is 24.0 Å². The Labute approximate surface area is 399 Å². The molecule has 10 rings (SSSR count). The van der Waals surface area contributed by atoms with Gasteiger partial charge in [-0.2, -0.15) is 0 Å². The SMILES string of the molecule is CC(C)(C)OC(=O)N[C@@H](C(=O)N1CCC[C@H]1c1ncc(-c2ccc(C34CCC(c5cnc([C@@H]6CCCN6C(=O)[C@H](NC(=O)OC(C)(C)C)c6ccccc6)[nH]5)(CC3)CC4)cc2)[nH]1)c1ccccc1. The highest BCUT2D eigenvalue weighted by Gasteiger charge is 2.51. The largest absolute Gasteiger partial charge is 0.444 e. The number of nitrogens with one attached hydrogen (secondary N) is 4. The number of aromatic nitrogens is 4. The van der Waals surface area contributed by atoms with E-state index in [1.807, 2.05) is 104 Å². The van der Waals surface area contributed by atoms with Crippen LogP contribution in [0.2, 0.25) is 0 Å². The maximum Gasteiger partial charge on any atom is 0.408 e. The molecule has 4 amide bonds. The van der Waals surface area contributed by atoms with Gasteiger partial charge in [0.1, 0.15) is 34.9 Å². The lowest BCUT2D eigenvalue weighted by molar-refractivity contribution is -0.135. The van der Waals surface area contributed by atoms with Crippen LogP contribution in [0.1, 0.15) is 164 Å². The number of hydrogen-bond donors (Lipinski definition) is 4. The van der Waals surface area contributed by atoms with Gasteiger partial charge < -0.3 is 39.9 Å². The van der Waals surface area contributed by atoms with E-state index >= 15 is 0 Å². The van der Waals surface area contributed by atoms with Crippen LogP contribution in [0, 0.1) is 0 Å². The fraction of sp³-hybridized carbons (Fsp3) is 0.481. The van der Waals surface area contributed by atoms with Crippen LogP contribution in [0.4, 0.5) is 9.59 Å². The molecule has 0 spiro atoms. The molecule has 0 unspecified atom stereocenters. The Bertz CT molecular complexity index is 2570. The highest BCUT2D eigenvalue weighted by atomic mass is 16.6. The molecule has 14 heteroatoms. The van der Waals surface area contributed by atoms with Gasteiger partial charge in [-0.3, -0.25) is 9.59 Å². The van der Waals surface area contributed by atoms with Crippen molar-refractivity contribution in [2.45, 2.75) is 152 Å². The molecule has 2 aromatic heterocycles. The van der Waals surface area contributed by atoms with Crippen molar-refractivity contribution in [3.05, 3.63) is 131 Å². The van der Waals surface area contributed by atoms with Gasteiger partial charge in [0.25, 0.3) is 11.8 Å². The first-order valence-electron chi connectivity index (χ1n) is 24.4. The van der Waals surface area contributed by atoms with Gasteiger partial charge in [-0.05, 0) is 133 Å². The molecule has 14 nitrogen and oxygen atoms in total. The normalized spacial score (nSPS) is 23.5. The monoisotopic (exact) mass is 923 g/mol. The molecule has 68 heavy (non-hydrogen) atoms. The van der Waals surface area contributed by atoms with Crippen molar-refractivity contribution < 1.29 is 28.7 Å². The van der Waals surface area contributed by atoms with Crippen LogP contribution in [0.15, 0.2) is 97.3 Å². The number of H-pyrrole nitrogens is 2. The van der Waals surface area contributed by atoms with Crippen molar-refractivity contribution >= 4 is 24.0 Å².